The molecule has 0 atom stereocenters. The van der Waals surface area contributed by atoms with Gasteiger partial charge in [0.15, 0.2) is 11.5 Å². The second kappa shape index (κ2) is 11.4. The Morgan fingerprint density at radius 1 is 1.12 bits per heavy atom. The lowest BCUT2D eigenvalue weighted by Gasteiger charge is -2.14. The van der Waals surface area contributed by atoms with Crippen LogP contribution in [0.5, 0.6) is 11.5 Å². The van der Waals surface area contributed by atoms with Gasteiger partial charge in [0.05, 0.1) is 11.6 Å². The number of ether oxygens (including phenoxy) is 2. The van der Waals surface area contributed by atoms with E-state index in [0.717, 1.165) is 16.7 Å². The zero-order chi connectivity index (χ0) is 24.8. The lowest BCUT2D eigenvalue weighted by atomic mass is 10.1. The van der Waals surface area contributed by atoms with Crippen LogP contribution in [0.2, 0.25) is 10.0 Å². The molecule has 0 unspecified atom stereocenters. The highest BCUT2D eigenvalue weighted by Crippen LogP contribution is 2.38. The van der Waals surface area contributed by atoms with E-state index in [1.807, 2.05) is 32.0 Å². The number of hydrogen-bond donors (Lipinski definition) is 1. The minimum absolute atomic E-state index is 0.0474. The highest BCUT2D eigenvalue weighted by Gasteiger charge is 2.15. The second-order valence-electron chi connectivity index (χ2n) is 7.48. The van der Waals surface area contributed by atoms with Crippen LogP contribution in [0.1, 0.15) is 22.3 Å². The number of benzene rings is 3. The summed E-state index contributed by atoms with van der Waals surface area (Å²) in [5.41, 5.74) is 4.09. The van der Waals surface area contributed by atoms with Crippen LogP contribution in [0.3, 0.4) is 0 Å². The molecule has 0 aliphatic heterocycles. The molecular formula is C26H21BrCl2N2O3. The van der Waals surface area contributed by atoms with Gasteiger partial charge in [-0.15, -0.1) is 0 Å². The average molecular weight is 560 g/mol. The standard InChI is InChI=1S/C26H21BrCl2N2O3/c1-15-4-7-21(8-16(15)2)31-26(32)19(13-30)9-17-10-22(27)25(24(11-17)33-3)34-14-18-5-6-20(28)12-23(18)29/h4-12H,14H2,1-3H3,(H,31,32)/b19-9-. The summed E-state index contributed by atoms with van der Waals surface area (Å²) in [4.78, 5) is 12.7. The number of carbonyl (C=O) groups excluding carboxylic acids is 1. The van der Waals surface area contributed by atoms with E-state index in [1.165, 1.54) is 13.2 Å². The van der Waals surface area contributed by atoms with Crippen molar-refractivity contribution in [1.82, 2.24) is 0 Å². The van der Waals surface area contributed by atoms with Crippen LogP contribution >= 0.6 is 39.1 Å². The number of methoxy groups -OCH3 is 1. The fourth-order valence-electron chi connectivity index (χ4n) is 3.08. The molecular weight excluding hydrogens is 539 g/mol. The van der Waals surface area contributed by atoms with E-state index in [1.54, 1.807) is 36.4 Å². The number of nitrogens with one attached hydrogen (secondary N) is 1. The SMILES string of the molecule is COc1cc(/C=C(/C#N)C(=O)Nc2ccc(C)c(C)c2)cc(Br)c1OCc1ccc(Cl)cc1Cl. The van der Waals surface area contributed by atoms with Crippen molar-refractivity contribution in [2.45, 2.75) is 20.5 Å². The first kappa shape index (κ1) is 25.6. The molecule has 0 fully saturated rings. The first-order valence-corrected chi connectivity index (χ1v) is 11.7. The summed E-state index contributed by atoms with van der Waals surface area (Å²) < 4.78 is 12.0. The van der Waals surface area contributed by atoms with E-state index in [2.05, 4.69) is 21.2 Å². The normalized spacial score (nSPS) is 11.0. The zero-order valence-electron chi connectivity index (χ0n) is 18.7. The number of aryl methyl sites for hydroxylation is 2. The maximum atomic E-state index is 12.7. The van der Waals surface area contributed by atoms with E-state index in [-0.39, 0.29) is 12.2 Å². The fourth-order valence-corrected chi connectivity index (χ4v) is 4.12. The molecule has 0 aliphatic rings. The average Bonchev–Trinajstić information content (AvgIpc) is 2.79. The molecule has 0 heterocycles. The minimum atomic E-state index is -0.501. The Kier molecular flexibility index (Phi) is 8.62. The predicted molar refractivity (Wildman–Crippen MR) is 140 cm³/mol. The summed E-state index contributed by atoms with van der Waals surface area (Å²) in [5.74, 6) is 0.389. The molecule has 5 nitrogen and oxygen atoms in total. The van der Waals surface area contributed by atoms with Crippen molar-refractivity contribution in [3.05, 3.63) is 90.9 Å². The smallest absolute Gasteiger partial charge is 0.266 e. The number of hydrogen-bond acceptors (Lipinski definition) is 4. The van der Waals surface area contributed by atoms with Crippen molar-refractivity contribution in [3.8, 4) is 17.6 Å². The number of anilines is 1. The third kappa shape index (κ3) is 6.32. The summed E-state index contributed by atoms with van der Waals surface area (Å²) >= 11 is 15.7. The van der Waals surface area contributed by atoms with Gasteiger partial charge in [-0.2, -0.15) is 5.26 Å². The van der Waals surface area contributed by atoms with Gasteiger partial charge in [0.1, 0.15) is 18.2 Å². The van der Waals surface area contributed by atoms with Gasteiger partial charge in [-0.05, 0) is 88.9 Å². The van der Waals surface area contributed by atoms with Gasteiger partial charge in [-0.25, -0.2) is 0 Å². The highest BCUT2D eigenvalue weighted by molar-refractivity contribution is 9.10. The van der Waals surface area contributed by atoms with Crippen LogP contribution < -0.4 is 14.8 Å². The molecule has 0 spiro atoms. The first-order valence-electron chi connectivity index (χ1n) is 10.2. The van der Waals surface area contributed by atoms with Gasteiger partial charge < -0.3 is 14.8 Å². The maximum absolute atomic E-state index is 12.7. The van der Waals surface area contributed by atoms with Gasteiger partial charge in [-0.1, -0.05) is 35.3 Å². The lowest BCUT2D eigenvalue weighted by Crippen LogP contribution is -2.13. The molecule has 174 valence electrons. The van der Waals surface area contributed by atoms with Gasteiger partial charge in [0.25, 0.3) is 5.91 Å². The summed E-state index contributed by atoms with van der Waals surface area (Å²) in [6, 6.07) is 16.1. The number of nitrogens with zero attached hydrogens (tertiary/aromatic N) is 1. The molecule has 0 bridgehead atoms. The van der Waals surface area contributed by atoms with Crippen molar-refractivity contribution < 1.29 is 14.3 Å². The molecule has 0 aliphatic carbocycles. The monoisotopic (exact) mass is 558 g/mol. The number of amides is 1. The van der Waals surface area contributed by atoms with Crippen LogP contribution in [-0.4, -0.2) is 13.0 Å². The lowest BCUT2D eigenvalue weighted by molar-refractivity contribution is -0.112. The molecule has 8 heteroatoms. The van der Waals surface area contributed by atoms with Crippen molar-refractivity contribution in [1.29, 1.82) is 5.26 Å². The third-order valence-corrected chi connectivity index (χ3v) is 6.26. The molecule has 0 saturated heterocycles. The number of nitriles is 1. The Morgan fingerprint density at radius 2 is 1.88 bits per heavy atom. The molecule has 0 radical (unpaired) electrons. The van der Waals surface area contributed by atoms with Gasteiger partial charge in [0, 0.05) is 21.3 Å². The maximum Gasteiger partial charge on any atom is 0.266 e. The Hall–Kier alpha value is -2.98. The number of carbonyl (C=O) groups is 1. The first-order chi connectivity index (χ1) is 16.2. The summed E-state index contributed by atoms with van der Waals surface area (Å²) in [7, 11) is 1.51. The minimum Gasteiger partial charge on any atom is -0.493 e. The molecule has 1 amide bonds. The predicted octanol–water partition coefficient (Wildman–Crippen LogP) is 7.51. The molecule has 1 N–H and O–H groups in total. The van der Waals surface area contributed by atoms with Crippen LogP contribution in [-0.2, 0) is 11.4 Å². The largest absolute Gasteiger partial charge is 0.493 e. The van der Waals surface area contributed by atoms with E-state index < -0.39 is 5.91 Å². The van der Waals surface area contributed by atoms with E-state index >= 15 is 0 Å². The Labute approximate surface area is 217 Å². The second-order valence-corrected chi connectivity index (χ2v) is 9.18. The Bertz CT molecular complexity index is 1320. The van der Waals surface area contributed by atoms with Crippen molar-refractivity contribution >= 4 is 56.8 Å². The number of halogens is 3. The molecule has 3 aromatic carbocycles. The van der Waals surface area contributed by atoms with Gasteiger partial charge in [-0.3, -0.25) is 4.79 Å². The van der Waals surface area contributed by atoms with Crippen LogP contribution in [0.25, 0.3) is 6.08 Å². The van der Waals surface area contributed by atoms with Crippen molar-refractivity contribution in [2.24, 2.45) is 0 Å². The van der Waals surface area contributed by atoms with Crippen LogP contribution in [0.4, 0.5) is 5.69 Å². The molecule has 3 aromatic rings. The van der Waals surface area contributed by atoms with Gasteiger partial charge >= 0.3 is 0 Å². The Morgan fingerprint density at radius 3 is 2.53 bits per heavy atom. The van der Waals surface area contributed by atoms with Crippen molar-refractivity contribution in [2.75, 3.05) is 12.4 Å². The quantitative estimate of drug-likeness (QED) is 0.240. The van der Waals surface area contributed by atoms with Crippen LogP contribution in [0, 0.1) is 25.2 Å². The third-order valence-electron chi connectivity index (χ3n) is 5.08. The molecule has 0 saturated carbocycles. The van der Waals surface area contributed by atoms with E-state index in [0.29, 0.717) is 37.3 Å². The molecule has 0 aromatic heterocycles. The molecule has 3 rings (SSSR count). The van der Waals surface area contributed by atoms with Gasteiger partial charge in [0.2, 0.25) is 0 Å². The zero-order valence-corrected chi connectivity index (χ0v) is 21.8. The number of rotatable bonds is 7. The van der Waals surface area contributed by atoms with Crippen molar-refractivity contribution in [3.63, 3.8) is 0 Å². The summed E-state index contributed by atoms with van der Waals surface area (Å²) in [6.45, 7) is 4.15. The van der Waals surface area contributed by atoms with E-state index in [9.17, 15) is 10.1 Å². The molecule has 34 heavy (non-hydrogen) atoms. The Balaban J connectivity index is 1.83. The highest BCUT2D eigenvalue weighted by atomic mass is 79.9. The van der Waals surface area contributed by atoms with Crippen LogP contribution in [0.15, 0.2) is 58.6 Å². The van der Waals surface area contributed by atoms with E-state index in [4.69, 9.17) is 32.7 Å². The topological polar surface area (TPSA) is 71.3 Å². The summed E-state index contributed by atoms with van der Waals surface area (Å²) in [5, 5.41) is 13.4. The summed E-state index contributed by atoms with van der Waals surface area (Å²) in [6.07, 6.45) is 1.49. The fraction of sp³-hybridized carbons (Fsp3) is 0.154.